The standard InChI is InChI=1S/C22H26N4O/c1-24(2)13-8-14-25-20-12-7-6-11-19(20)23-22(25)17-15-21(27)26(16-17)18-9-4-3-5-10-18/h3-7,9-12,17H,8,13-16H2,1-2H3. The number of aryl methyl sites for hydroxylation is 1. The fourth-order valence-electron chi connectivity index (χ4n) is 3.92. The Morgan fingerprint density at radius 1 is 1.07 bits per heavy atom. The number of hydrogen-bond acceptors (Lipinski definition) is 3. The minimum absolute atomic E-state index is 0.129. The highest BCUT2D eigenvalue weighted by Gasteiger charge is 2.34. The van der Waals surface area contributed by atoms with E-state index in [-0.39, 0.29) is 11.8 Å². The molecule has 4 rings (SSSR count). The number of rotatable bonds is 6. The molecule has 1 atom stereocenters. The van der Waals surface area contributed by atoms with Gasteiger partial charge in [0.2, 0.25) is 5.91 Å². The zero-order chi connectivity index (χ0) is 18.8. The van der Waals surface area contributed by atoms with Gasteiger partial charge in [0, 0.05) is 31.1 Å². The fourth-order valence-corrected chi connectivity index (χ4v) is 3.92. The molecule has 2 aromatic carbocycles. The van der Waals surface area contributed by atoms with Crippen LogP contribution in [0.3, 0.4) is 0 Å². The van der Waals surface area contributed by atoms with E-state index in [2.05, 4.69) is 41.8 Å². The fraction of sp³-hybridized carbons (Fsp3) is 0.364. The molecule has 0 N–H and O–H groups in total. The third-order valence-corrected chi connectivity index (χ3v) is 5.23. The van der Waals surface area contributed by atoms with Gasteiger partial charge in [-0.15, -0.1) is 0 Å². The molecule has 3 aromatic rings. The summed E-state index contributed by atoms with van der Waals surface area (Å²) in [5.41, 5.74) is 3.15. The molecule has 1 saturated heterocycles. The van der Waals surface area contributed by atoms with Crippen molar-refractivity contribution < 1.29 is 4.79 Å². The summed E-state index contributed by atoms with van der Waals surface area (Å²) in [6.07, 6.45) is 1.58. The normalized spacial score (nSPS) is 17.4. The summed E-state index contributed by atoms with van der Waals surface area (Å²) in [7, 11) is 4.20. The zero-order valence-corrected chi connectivity index (χ0v) is 16.0. The van der Waals surface area contributed by atoms with Crippen molar-refractivity contribution in [2.24, 2.45) is 0 Å². The molecule has 2 heterocycles. The molecule has 5 heteroatoms. The number of aromatic nitrogens is 2. The first-order chi connectivity index (χ1) is 13.1. The predicted molar refractivity (Wildman–Crippen MR) is 109 cm³/mol. The number of nitrogens with zero attached hydrogens (tertiary/aromatic N) is 4. The number of imidazole rings is 1. The molecular weight excluding hydrogens is 336 g/mol. The molecular formula is C22H26N4O. The van der Waals surface area contributed by atoms with E-state index >= 15 is 0 Å². The van der Waals surface area contributed by atoms with Crippen molar-refractivity contribution in [2.45, 2.75) is 25.3 Å². The summed E-state index contributed by atoms with van der Waals surface area (Å²) in [6, 6.07) is 18.2. The van der Waals surface area contributed by atoms with Crippen LogP contribution in [0.5, 0.6) is 0 Å². The van der Waals surface area contributed by atoms with E-state index in [1.54, 1.807) is 0 Å². The molecule has 1 fully saturated rings. The van der Waals surface area contributed by atoms with Crippen LogP contribution < -0.4 is 4.90 Å². The molecule has 0 aliphatic carbocycles. The number of carbonyl (C=O) groups is 1. The van der Waals surface area contributed by atoms with E-state index in [0.717, 1.165) is 42.1 Å². The Hall–Kier alpha value is -2.66. The lowest BCUT2D eigenvalue weighted by molar-refractivity contribution is -0.117. The maximum Gasteiger partial charge on any atom is 0.227 e. The first kappa shape index (κ1) is 17.7. The van der Waals surface area contributed by atoms with Crippen LogP contribution in [0.1, 0.15) is 24.6 Å². The van der Waals surface area contributed by atoms with Gasteiger partial charge in [0.1, 0.15) is 5.82 Å². The molecule has 1 unspecified atom stereocenters. The predicted octanol–water partition coefficient (Wildman–Crippen LogP) is 3.51. The molecule has 5 nitrogen and oxygen atoms in total. The van der Waals surface area contributed by atoms with Crippen LogP contribution in [0.4, 0.5) is 5.69 Å². The smallest absolute Gasteiger partial charge is 0.227 e. The minimum Gasteiger partial charge on any atom is -0.328 e. The third kappa shape index (κ3) is 3.60. The second-order valence-corrected chi connectivity index (χ2v) is 7.51. The van der Waals surface area contributed by atoms with Crippen molar-refractivity contribution >= 4 is 22.6 Å². The van der Waals surface area contributed by atoms with Gasteiger partial charge >= 0.3 is 0 Å². The van der Waals surface area contributed by atoms with E-state index in [0.29, 0.717) is 13.0 Å². The first-order valence-corrected chi connectivity index (χ1v) is 9.59. The Morgan fingerprint density at radius 3 is 2.59 bits per heavy atom. The largest absolute Gasteiger partial charge is 0.328 e. The van der Waals surface area contributed by atoms with Crippen LogP contribution in [0.15, 0.2) is 54.6 Å². The number of benzene rings is 2. The minimum atomic E-state index is 0.129. The monoisotopic (exact) mass is 362 g/mol. The van der Waals surface area contributed by atoms with Crippen molar-refractivity contribution in [1.29, 1.82) is 0 Å². The van der Waals surface area contributed by atoms with Crippen molar-refractivity contribution in [1.82, 2.24) is 14.5 Å². The topological polar surface area (TPSA) is 41.4 Å². The SMILES string of the molecule is CN(C)CCCn1c(C2CC(=O)N(c3ccccc3)C2)nc2ccccc21. The Bertz CT molecular complexity index is 932. The number of fused-ring (bicyclic) bond motifs is 1. The highest BCUT2D eigenvalue weighted by Crippen LogP contribution is 2.33. The van der Waals surface area contributed by atoms with Crippen molar-refractivity contribution in [2.75, 3.05) is 32.1 Å². The summed E-state index contributed by atoms with van der Waals surface area (Å²) >= 11 is 0. The van der Waals surface area contributed by atoms with Gasteiger partial charge < -0.3 is 14.4 Å². The van der Waals surface area contributed by atoms with Crippen LogP contribution in [-0.4, -0.2) is 47.5 Å². The molecule has 27 heavy (non-hydrogen) atoms. The molecule has 0 radical (unpaired) electrons. The van der Waals surface area contributed by atoms with Crippen molar-refractivity contribution in [3.63, 3.8) is 0 Å². The Kier molecular flexibility index (Phi) is 4.94. The van der Waals surface area contributed by atoms with Crippen LogP contribution in [0, 0.1) is 0 Å². The molecule has 0 spiro atoms. The molecule has 0 bridgehead atoms. The van der Waals surface area contributed by atoms with Crippen molar-refractivity contribution in [3.8, 4) is 0 Å². The van der Waals surface area contributed by atoms with Crippen LogP contribution in [0.2, 0.25) is 0 Å². The molecule has 0 saturated carbocycles. The van der Waals surface area contributed by atoms with Crippen LogP contribution in [-0.2, 0) is 11.3 Å². The third-order valence-electron chi connectivity index (χ3n) is 5.23. The number of anilines is 1. The molecule has 1 aliphatic heterocycles. The quantitative estimate of drug-likeness (QED) is 0.674. The van der Waals surface area contributed by atoms with Gasteiger partial charge in [-0.2, -0.15) is 0 Å². The van der Waals surface area contributed by atoms with E-state index < -0.39 is 0 Å². The van der Waals surface area contributed by atoms with Gasteiger partial charge in [-0.05, 0) is 51.3 Å². The first-order valence-electron chi connectivity index (χ1n) is 9.59. The second-order valence-electron chi connectivity index (χ2n) is 7.51. The Labute approximate surface area is 160 Å². The van der Waals surface area contributed by atoms with Gasteiger partial charge in [-0.3, -0.25) is 4.79 Å². The highest BCUT2D eigenvalue weighted by molar-refractivity contribution is 5.96. The van der Waals surface area contributed by atoms with E-state index in [1.165, 1.54) is 0 Å². The summed E-state index contributed by atoms with van der Waals surface area (Å²) in [6.45, 7) is 2.65. The lowest BCUT2D eigenvalue weighted by atomic mass is 10.1. The summed E-state index contributed by atoms with van der Waals surface area (Å²) < 4.78 is 2.32. The van der Waals surface area contributed by atoms with Gasteiger partial charge in [-0.25, -0.2) is 4.98 Å². The second kappa shape index (κ2) is 7.53. The molecule has 1 amide bonds. The summed E-state index contributed by atoms with van der Waals surface area (Å²) in [5.74, 6) is 1.35. The molecule has 1 aliphatic rings. The number of para-hydroxylation sites is 3. The van der Waals surface area contributed by atoms with E-state index in [9.17, 15) is 4.79 Å². The van der Waals surface area contributed by atoms with Gasteiger partial charge in [0.05, 0.1) is 11.0 Å². The van der Waals surface area contributed by atoms with Gasteiger partial charge in [0.25, 0.3) is 0 Å². The average molecular weight is 362 g/mol. The number of carbonyl (C=O) groups excluding carboxylic acids is 1. The number of amides is 1. The zero-order valence-electron chi connectivity index (χ0n) is 16.0. The molecule has 1 aromatic heterocycles. The summed E-state index contributed by atoms with van der Waals surface area (Å²) in [5, 5.41) is 0. The van der Waals surface area contributed by atoms with Gasteiger partial charge in [-0.1, -0.05) is 30.3 Å². The van der Waals surface area contributed by atoms with Crippen LogP contribution >= 0.6 is 0 Å². The van der Waals surface area contributed by atoms with Crippen molar-refractivity contribution in [3.05, 3.63) is 60.4 Å². The Balaban J connectivity index is 1.64. The van der Waals surface area contributed by atoms with E-state index in [1.807, 2.05) is 41.3 Å². The summed E-state index contributed by atoms with van der Waals surface area (Å²) in [4.78, 5) is 21.7. The maximum absolute atomic E-state index is 12.7. The Morgan fingerprint density at radius 2 is 1.81 bits per heavy atom. The highest BCUT2D eigenvalue weighted by atomic mass is 16.2. The maximum atomic E-state index is 12.7. The lowest BCUT2D eigenvalue weighted by Gasteiger charge is -2.18. The van der Waals surface area contributed by atoms with E-state index in [4.69, 9.17) is 4.98 Å². The lowest BCUT2D eigenvalue weighted by Crippen LogP contribution is -2.24. The number of hydrogen-bond donors (Lipinski definition) is 0. The molecule has 140 valence electrons. The van der Waals surface area contributed by atoms with Crippen LogP contribution in [0.25, 0.3) is 11.0 Å². The average Bonchev–Trinajstić information content (AvgIpc) is 3.23. The van der Waals surface area contributed by atoms with Gasteiger partial charge in [0.15, 0.2) is 0 Å².